The van der Waals surface area contributed by atoms with Gasteiger partial charge in [0.2, 0.25) is 0 Å². The van der Waals surface area contributed by atoms with Gasteiger partial charge in [0, 0.05) is 11.3 Å². The van der Waals surface area contributed by atoms with Crippen molar-refractivity contribution in [2.75, 3.05) is 13.7 Å². The minimum absolute atomic E-state index is 0.336. The summed E-state index contributed by atoms with van der Waals surface area (Å²) in [6, 6.07) is 6.77. The summed E-state index contributed by atoms with van der Waals surface area (Å²) in [6.45, 7) is 3.11. The third-order valence-electron chi connectivity index (χ3n) is 3.78. The van der Waals surface area contributed by atoms with Crippen molar-refractivity contribution in [3.63, 3.8) is 0 Å². The molecule has 0 radical (unpaired) electrons. The summed E-state index contributed by atoms with van der Waals surface area (Å²) in [4.78, 5) is 4.31. The molecule has 1 aromatic carbocycles. The third kappa shape index (κ3) is 3.22. The molecule has 2 atom stereocenters. The molecule has 1 N–H and O–H groups in total. The second-order valence-corrected chi connectivity index (χ2v) is 7.27. The van der Waals surface area contributed by atoms with Gasteiger partial charge in [-0.2, -0.15) is 4.37 Å². The van der Waals surface area contributed by atoms with Crippen LogP contribution in [0.25, 0.3) is 0 Å². The molecule has 1 aliphatic rings. The zero-order valence-corrected chi connectivity index (χ0v) is 13.8. The molecule has 0 saturated carbocycles. The highest BCUT2D eigenvalue weighted by Crippen LogP contribution is 2.41. The van der Waals surface area contributed by atoms with E-state index < -0.39 is 0 Å². The van der Waals surface area contributed by atoms with Crippen LogP contribution >= 0.6 is 23.3 Å². The van der Waals surface area contributed by atoms with Gasteiger partial charge in [0.1, 0.15) is 12.1 Å². The van der Waals surface area contributed by atoms with Gasteiger partial charge >= 0.3 is 0 Å². The average Bonchev–Trinajstić information content (AvgIpc) is 3.02. The molecule has 0 bridgehead atoms. The van der Waals surface area contributed by atoms with Crippen LogP contribution in [0.4, 0.5) is 0 Å². The number of benzene rings is 1. The lowest BCUT2D eigenvalue weighted by molar-refractivity contribution is 0.410. The van der Waals surface area contributed by atoms with Crippen LogP contribution in [-0.4, -0.2) is 28.3 Å². The predicted octanol–water partition coefficient (Wildman–Crippen LogP) is 3.30. The zero-order chi connectivity index (χ0) is 14.7. The number of ether oxygens (including phenoxy) is 1. The molecule has 0 aliphatic heterocycles. The van der Waals surface area contributed by atoms with E-state index in [9.17, 15) is 0 Å². The monoisotopic (exact) mass is 321 g/mol. The molecule has 1 heterocycles. The predicted molar refractivity (Wildman–Crippen MR) is 87.3 cm³/mol. The Bertz CT molecular complexity index is 589. The van der Waals surface area contributed by atoms with E-state index in [4.69, 9.17) is 4.74 Å². The largest absolute Gasteiger partial charge is 0.497 e. The molecule has 0 spiro atoms. The lowest BCUT2D eigenvalue weighted by Gasteiger charge is -2.33. The first-order valence-corrected chi connectivity index (χ1v) is 8.80. The number of aromatic nitrogens is 2. The van der Waals surface area contributed by atoms with Gasteiger partial charge in [-0.05, 0) is 54.2 Å². The smallest absolute Gasteiger partial charge is 0.170 e. The maximum atomic E-state index is 5.39. The number of rotatable bonds is 5. The van der Waals surface area contributed by atoms with Crippen molar-refractivity contribution in [2.24, 2.45) is 0 Å². The summed E-state index contributed by atoms with van der Waals surface area (Å²) in [5.41, 5.74) is 2.79. The third-order valence-corrected chi connectivity index (χ3v) is 5.87. The standard InChI is InChI=1S/C15H19N3OS2/c1-3-16-14-12-8-11(19-2)6-4-10(12)5-7-13(14)20-15-17-9-18-21-15/h4,6,8-9,13-14,16H,3,5,7H2,1-2H3. The Balaban J connectivity index is 1.89. The molecular weight excluding hydrogens is 302 g/mol. The van der Waals surface area contributed by atoms with Crippen molar-refractivity contribution in [3.8, 4) is 5.75 Å². The van der Waals surface area contributed by atoms with Crippen LogP contribution in [0.5, 0.6) is 5.75 Å². The molecule has 4 nitrogen and oxygen atoms in total. The Morgan fingerprint density at radius 1 is 1.48 bits per heavy atom. The second kappa shape index (κ2) is 6.77. The number of nitrogens with one attached hydrogen (secondary N) is 1. The summed E-state index contributed by atoms with van der Waals surface area (Å²) in [7, 11) is 1.72. The number of thioether (sulfide) groups is 1. The minimum atomic E-state index is 0.336. The highest BCUT2D eigenvalue weighted by Gasteiger charge is 2.30. The van der Waals surface area contributed by atoms with E-state index in [1.54, 1.807) is 13.4 Å². The maximum absolute atomic E-state index is 5.39. The first-order valence-electron chi connectivity index (χ1n) is 7.15. The molecule has 1 aromatic heterocycles. The van der Waals surface area contributed by atoms with E-state index >= 15 is 0 Å². The van der Waals surface area contributed by atoms with Crippen LogP contribution in [0.2, 0.25) is 0 Å². The van der Waals surface area contributed by atoms with E-state index in [2.05, 4.69) is 39.8 Å². The van der Waals surface area contributed by atoms with Gasteiger partial charge in [-0.1, -0.05) is 24.8 Å². The Hall–Kier alpha value is -1.11. The fraction of sp³-hybridized carbons (Fsp3) is 0.467. The van der Waals surface area contributed by atoms with Gasteiger partial charge in [-0.3, -0.25) is 0 Å². The van der Waals surface area contributed by atoms with Gasteiger partial charge in [-0.25, -0.2) is 4.98 Å². The SMILES string of the molecule is CCNC1c2cc(OC)ccc2CCC1Sc1ncns1. The fourth-order valence-corrected chi connectivity index (χ4v) is 4.75. The first kappa shape index (κ1) is 14.8. The highest BCUT2D eigenvalue weighted by atomic mass is 32.2. The van der Waals surface area contributed by atoms with Crippen molar-refractivity contribution in [3.05, 3.63) is 35.7 Å². The number of methoxy groups -OCH3 is 1. The summed E-state index contributed by atoms with van der Waals surface area (Å²) < 4.78 is 10.5. The van der Waals surface area contributed by atoms with E-state index in [-0.39, 0.29) is 0 Å². The van der Waals surface area contributed by atoms with Gasteiger partial charge in [-0.15, -0.1) is 0 Å². The van der Waals surface area contributed by atoms with Crippen molar-refractivity contribution >= 4 is 23.3 Å². The van der Waals surface area contributed by atoms with E-state index in [0.717, 1.165) is 29.5 Å². The first-order chi connectivity index (χ1) is 10.3. The van der Waals surface area contributed by atoms with Gasteiger partial charge < -0.3 is 10.1 Å². The van der Waals surface area contributed by atoms with E-state index in [1.807, 2.05) is 11.8 Å². The Kier molecular flexibility index (Phi) is 4.77. The number of aryl methyl sites for hydroxylation is 1. The molecule has 1 aliphatic carbocycles. The Morgan fingerprint density at radius 3 is 3.10 bits per heavy atom. The van der Waals surface area contributed by atoms with Crippen LogP contribution < -0.4 is 10.1 Å². The number of hydrogen-bond donors (Lipinski definition) is 1. The molecule has 112 valence electrons. The Labute approximate surface area is 133 Å². The van der Waals surface area contributed by atoms with Crippen molar-refractivity contribution in [1.29, 1.82) is 0 Å². The van der Waals surface area contributed by atoms with E-state index in [1.165, 1.54) is 22.7 Å². The molecule has 2 aromatic rings. The van der Waals surface area contributed by atoms with Crippen LogP contribution in [-0.2, 0) is 6.42 Å². The molecular formula is C15H19N3OS2. The van der Waals surface area contributed by atoms with Gasteiger partial charge in [0.15, 0.2) is 4.34 Å². The molecule has 6 heteroatoms. The number of hydrogen-bond acceptors (Lipinski definition) is 6. The molecule has 0 saturated heterocycles. The molecule has 21 heavy (non-hydrogen) atoms. The van der Waals surface area contributed by atoms with E-state index in [0.29, 0.717) is 11.3 Å². The summed E-state index contributed by atoms with van der Waals surface area (Å²) in [5, 5.41) is 4.12. The Morgan fingerprint density at radius 2 is 2.38 bits per heavy atom. The van der Waals surface area contributed by atoms with Crippen LogP contribution in [0.15, 0.2) is 28.9 Å². The van der Waals surface area contributed by atoms with Crippen molar-refractivity contribution in [2.45, 2.75) is 35.4 Å². The normalized spacial score (nSPS) is 21.0. The fourth-order valence-electron chi connectivity index (χ4n) is 2.81. The highest BCUT2D eigenvalue weighted by molar-refractivity contribution is 8.01. The maximum Gasteiger partial charge on any atom is 0.170 e. The van der Waals surface area contributed by atoms with Crippen molar-refractivity contribution in [1.82, 2.24) is 14.7 Å². The topological polar surface area (TPSA) is 47.0 Å². The molecule has 0 amide bonds. The van der Waals surface area contributed by atoms with Crippen LogP contribution in [0.1, 0.15) is 30.5 Å². The summed E-state index contributed by atoms with van der Waals surface area (Å²) in [6.07, 6.45) is 3.90. The zero-order valence-electron chi connectivity index (χ0n) is 12.2. The second-order valence-electron chi connectivity index (χ2n) is 5.00. The van der Waals surface area contributed by atoms with Crippen LogP contribution in [0.3, 0.4) is 0 Å². The average molecular weight is 321 g/mol. The number of nitrogens with zero attached hydrogens (tertiary/aromatic N) is 2. The molecule has 2 unspecified atom stereocenters. The quantitative estimate of drug-likeness (QED) is 0.915. The van der Waals surface area contributed by atoms with Gasteiger partial charge in [0.05, 0.1) is 7.11 Å². The summed E-state index contributed by atoms with van der Waals surface area (Å²) >= 11 is 3.31. The molecule has 3 rings (SSSR count). The van der Waals surface area contributed by atoms with Crippen LogP contribution in [0, 0.1) is 0 Å². The van der Waals surface area contributed by atoms with Gasteiger partial charge in [0.25, 0.3) is 0 Å². The lowest BCUT2D eigenvalue weighted by Crippen LogP contribution is -2.34. The lowest BCUT2D eigenvalue weighted by atomic mass is 9.87. The number of fused-ring (bicyclic) bond motifs is 1. The summed E-state index contributed by atoms with van der Waals surface area (Å²) in [5.74, 6) is 0.929. The van der Waals surface area contributed by atoms with Crippen molar-refractivity contribution < 1.29 is 4.74 Å². The molecule has 0 fully saturated rings. The minimum Gasteiger partial charge on any atom is -0.497 e.